The topological polar surface area (TPSA) is 87.2 Å². The van der Waals surface area contributed by atoms with Crippen molar-refractivity contribution in [2.75, 3.05) is 33.8 Å². The zero-order valence-corrected chi connectivity index (χ0v) is 22.8. The predicted molar refractivity (Wildman–Crippen MR) is 148 cm³/mol. The highest BCUT2D eigenvalue weighted by Crippen LogP contribution is 2.37. The van der Waals surface area contributed by atoms with Crippen molar-refractivity contribution in [1.82, 2.24) is 30.4 Å². The molecular formula is C24H24Cl2N6O2S2. The third-order valence-corrected chi connectivity index (χ3v) is 7.31. The Morgan fingerprint density at radius 1 is 1.22 bits per heavy atom. The molecule has 0 spiro atoms. The summed E-state index contributed by atoms with van der Waals surface area (Å²) in [6.07, 6.45) is 3.10. The molecule has 0 radical (unpaired) electrons. The molecule has 2 heterocycles. The zero-order valence-electron chi connectivity index (χ0n) is 19.7. The van der Waals surface area contributed by atoms with Gasteiger partial charge < -0.3 is 9.64 Å². The number of nitrogens with one attached hydrogen (secondary N) is 1. The van der Waals surface area contributed by atoms with Crippen molar-refractivity contribution in [1.29, 1.82) is 0 Å². The van der Waals surface area contributed by atoms with Gasteiger partial charge in [0.2, 0.25) is 0 Å². The fourth-order valence-corrected chi connectivity index (χ4v) is 5.36. The normalized spacial score (nSPS) is 14.9. The zero-order chi connectivity index (χ0) is 25.7. The van der Waals surface area contributed by atoms with Crippen molar-refractivity contribution in [2.24, 2.45) is 0 Å². The van der Waals surface area contributed by atoms with Crippen LogP contribution in [0.3, 0.4) is 0 Å². The van der Waals surface area contributed by atoms with Gasteiger partial charge in [-0.05, 0) is 56.4 Å². The minimum atomic E-state index is -0.132. The lowest BCUT2D eigenvalue weighted by Gasteiger charge is -2.15. The number of tetrazole rings is 1. The van der Waals surface area contributed by atoms with Crippen LogP contribution in [-0.2, 0) is 11.2 Å². The lowest BCUT2D eigenvalue weighted by atomic mass is 10.0. The number of carbonyl (C=O) groups excluding carboxylic acids is 1. The summed E-state index contributed by atoms with van der Waals surface area (Å²) >= 11 is 19.3. The second-order valence-corrected chi connectivity index (χ2v) is 10.8. The summed E-state index contributed by atoms with van der Waals surface area (Å²) < 4.78 is 6.58. The van der Waals surface area contributed by atoms with E-state index >= 15 is 0 Å². The van der Waals surface area contributed by atoms with Gasteiger partial charge in [0, 0.05) is 40.7 Å². The van der Waals surface area contributed by atoms with E-state index in [0.29, 0.717) is 56.8 Å². The monoisotopic (exact) mass is 562 g/mol. The van der Waals surface area contributed by atoms with E-state index in [-0.39, 0.29) is 5.91 Å². The summed E-state index contributed by atoms with van der Waals surface area (Å²) in [6.45, 7) is 1.74. The Kier molecular flexibility index (Phi) is 8.97. The van der Waals surface area contributed by atoms with Crippen molar-refractivity contribution in [3.8, 4) is 16.9 Å². The number of thioether (sulfide) groups is 1. The first-order chi connectivity index (χ1) is 17.3. The average Bonchev–Trinajstić information content (AvgIpc) is 3.43. The Balaban J connectivity index is 1.58. The number of aromatic nitrogens is 4. The third kappa shape index (κ3) is 6.63. The van der Waals surface area contributed by atoms with Gasteiger partial charge in [-0.1, -0.05) is 64.5 Å². The number of likely N-dealkylation sites (N-methyl/N-ethyl adjacent to an activating group) is 1. The number of aromatic amines is 1. The quantitative estimate of drug-likeness (QED) is 0.274. The number of benzene rings is 2. The number of amides is 1. The number of halogens is 2. The van der Waals surface area contributed by atoms with Crippen molar-refractivity contribution in [3.63, 3.8) is 0 Å². The van der Waals surface area contributed by atoms with Gasteiger partial charge in [-0.25, -0.2) is 0 Å². The Labute approximate surface area is 229 Å². The fraction of sp³-hybridized carbons (Fsp3) is 0.292. The first-order valence-corrected chi connectivity index (χ1v) is 13.1. The number of hydrogen-bond acceptors (Lipinski definition) is 8. The Morgan fingerprint density at radius 3 is 2.78 bits per heavy atom. The molecule has 36 heavy (non-hydrogen) atoms. The highest BCUT2D eigenvalue weighted by molar-refractivity contribution is 8.26. The van der Waals surface area contributed by atoms with Gasteiger partial charge in [-0.15, -0.1) is 10.2 Å². The SMILES string of the molecule is CN(C)CCOc1ccc(-c2ccc(Cl)cc2Cl)cc1/C=C1\SC(=S)N(CCCc2nn[nH]n2)C1=O. The molecule has 0 unspecified atom stereocenters. The lowest BCUT2D eigenvalue weighted by molar-refractivity contribution is -0.122. The number of aryl methyl sites for hydroxylation is 1. The standard InChI is InChI=1S/C24H24Cl2N6O2S2/c1-31(2)10-11-34-20-8-5-15(18-7-6-17(25)14-19(18)26)12-16(20)13-21-23(33)32(24(35)36-21)9-3-4-22-27-29-30-28-22/h5-8,12-14H,3-4,9-11H2,1-2H3,(H,27,28,29,30)/b21-13-. The van der Waals surface area contributed by atoms with Crippen LogP contribution in [0.4, 0.5) is 0 Å². The first kappa shape index (κ1) is 26.6. The number of thiocarbonyl (C=S) groups is 1. The van der Waals surface area contributed by atoms with Crippen LogP contribution < -0.4 is 4.74 Å². The van der Waals surface area contributed by atoms with Crippen LogP contribution in [-0.4, -0.2) is 74.4 Å². The van der Waals surface area contributed by atoms with E-state index in [1.54, 1.807) is 17.0 Å². The molecule has 1 fully saturated rings. The number of carbonyl (C=O) groups is 1. The molecular weight excluding hydrogens is 539 g/mol. The molecule has 0 bridgehead atoms. The molecule has 4 rings (SSSR count). The molecule has 1 aliphatic rings. The Hall–Kier alpha value is -2.50. The van der Waals surface area contributed by atoms with E-state index in [2.05, 4.69) is 20.6 Å². The van der Waals surface area contributed by atoms with Crippen molar-refractivity contribution >= 4 is 63.5 Å². The molecule has 2 aromatic carbocycles. The maximum atomic E-state index is 13.2. The van der Waals surface area contributed by atoms with E-state index in [0.717, 1.165) is 23.2 Å². The second-order valence-electron chi connectivity index (χ2n) is 8.29. The molecule has 8 nitrogen and oxygen atoms in total. The van der Waals surface area contributed by atoms with Crippen LogP contribution in [0.5, 0.6) is 5.75 Å². The lowest BCUT2D eigenvalue weighted by Crippen LogP contribution is -2.29. The largest absolute Gasteiger partial charge is 0.492 e. The van der Waals surface area contributed by atoms with E-state index < -0.39 is 0 Å². The molecule has 1 aromatic heterocycles. The smallest absolute Gasteiger partial charge is 0.266 e. The van der Waals surface area contributed by atoms with Gasteiger partial charge in [0.15, 0.2) is 5.82 Å². The molecule has 0 saturated carbocycles. The molecule has 0 aliphatic carbocycles. The molecule has 12 heteroatoms. The summed E-state index contributed by atoms with van der Waals surface area (Å²) in [5, 5.41) is 15.0. The molecule has 0 atom stereocenters. The number of H-pyrrole nitrogens is 1. The first-order valence-electron chi connectivity index (χ1n) is 11.2. The van der Waals surface area contributed by atoms with Crippen LogP contribution in [0.15, 0.2) is 41.3 Å². The average molecular weight is 564 g/mol. The van der Waals surface area contributed by atoms with E-state index in [1.165, 1.54) is 11.8 Å². The summed E-state index contributed by atoms with van der Waals surface area (Å²) in [7, 11) is 3.97. The second kappa shape index (κ2) is 12.2. The molecule has 1 N–H and O–H groups in total. The number of ether oxygens (including phenoxy) is 1. The van der Waals surface area contributed by atoms with Gasteiger partial charge in [0.25, 0.3) is 5.91 Å². The van der Waals surface area contributed by atoms with Gasteiger partial charge in [-0.2, -0.15) is 5.21 Å². The van der Waals surface area contributed by atoms with Crippen LogP contribution in [0, 0.1) is 0 Å². The Morgan fingerprint density at radius 2 is 2.06 bits per heavy atom. The minimum absolute atomic E-state index is 0.132. The van der Waals surface area contributed by atoms with Crippen LogP contribution in [0.2, 0.25) is 10.0 Å². The number of nitrogens with zero attached hydrogens (tertiary/aromatic N) is 5. The van der Waals surface area contributed by atoms with Crippen molar-refractivity contribution in [2.45, 2.75) is 12.8 Å². The maximum absolute atomic E-state index is 13.2. The highest BCUT2D eigenvalue weighted by Gasteiger charge is 2.32. The third-order valence-electron chi connectivity index (χ3n) is 5.38. The summed E-state index contributed by atoms with van der Waals surface area (Å²) in [5.41, 5.74) is 2.49. The van der Waals surface area contributed by atoms with Gasteiger partial charge in [0.05, 0.1) is 4.91 Å². The van der Waals surface area contributed by atoms with Crippen molar-refractivity contribution < 1.29 is 9.53 Å². The predicted octanol–water partition coefficient (Wildman–Crippen LogP) is 4.95. The van der Waals surface area contributed by atoms with E-state index in [4.69, 9.17) is 40.2 Å². The van der Waals surface area contributed by atoms with Crippen LogP contribution in [0.1, 0.15) is 17.8 Å². The molecule has 1 amide bonds. The van der Waals surface area contributed by atoms with Gasteiger partial charge >= 0.3 is 0 Å². The molecule has 188 valence electrons. The van der Waals surface area contributed by atoms with Crippen LogP contribution in [0.25, 0.3) is 17.2 Å². The maximum Gasteiger partial charge on any atom is 0.266 e. The van der Waals surface area contributed by atoms with E-state index in [1.807, 2.05) is 49.3 Å². The minimum Gasteiger partial charge on any atom is -0.492 e. The molecule has 3 aromatic rings. The number of hydrogen-bond donors (Lipinski definition) is 1. The van der Waals surface area contributed by atoms with E-state index in [9.17, 15) is 4.79 Å². The molecule has 1 saturated heterocycles. The summed E-state index contributed by atoms with van der Waals surface area (Å²) in [6, 6.07) is 11.2. The van der Waals surface area contributed by atoms with Crippen LogP contribution >= 0.6 is 47.2 Å². The van der Waals surface area contributed by atoms with Gasteiger partial charge in [-0.3, -0.25) is 9.69 Å². The summed E-state index contributed by atoms with van der Waals surface area (Å²) in [5.74, 6) is 1.15. The highest BCUT2D eigenvalue weighted by atomic mass is 35.5. The van der Waals surface area contributed by atoms with Gasteiger partial charge in [0.1, 0.15) is 16.7 Å². The van der Waals surface area contributed by atoms with Crippen molar-refractivity contribution in [3.05, 3.63) is 62.7 Å². The summed E-state index contributed by atoms with van der Waals surface area (Å²) in [4.78, 5) is 17.4. The fourth-order valence-electron chi connectivity index (χ4n) is 3.54. The molecule has 1 aliphatic heterocycles. The Bertz CT molecular complexity index is 1280. The number of rotatable bonds is 10.